The lowest BCUT2D eigenvalue weighted by Gasteiger charge is -2.11. The van der Waals surface area contributed by atoms with Crippen LogP contribution in [0.1, 0.15) is 23.7 Å². The van der Waals surface area contributed by atoms with E-state index in [1.54, 1.807) is 13.2 Å². The van der Waals surface area contributed by atoms with Crippen molar-refractivity contribution in [1.82, 2.24) is 15.1 Å². The molecule has 150 valence electrons. The summed E-state index contributed by atoms with van der Waals surface area (Å²) < 4.78 is 13.1. The Kier molecular flexibility index (Phi) is 7.05. The molecule has 6 heteroatoms. The summed E-state index contributed by atoms with van der Waals surface area (Å²) in [6, 6.07) is 17.2. The Bertz CT molecular complexity index is 965. The first-order chi connectivity index (χ1) is 14.2. The lowest BCUT2D eigenvalue weighted by atomic mass is 10.1. The fraction of sp³-hybridized carbons (Fsp3) is 0.217. The first kappa shape index (κ1) is 20.2. The van der Waals surface area contributed by atoms with Gasteiger partial charge in [0.1, 0.15) is 18.1 Å². The summed E-state index contributed by atoms with van der Waals surface area (Å²) >= 11 is 0. The smallest absolute Gasteiger partial charge is 0.244 e. The van der Waals surface area contributed by atoms with Crippen LogP contribution in [0.3, 0.4) is 0 Å². The average Bonchev–Trinajstić information content (AvgIpc) is 3.23. The van der Waals surface area contributed by atoms with Crippen LogP contribution in [0.5, 0.6) is 11.5 Å². The molecule has 1 N–H and O–H groups in total. The maximum Gasteiger partial charge on any atom is 0.244 e. The molecule has 29 heavy (non-hydrogen) atoms. The van der Waals surface area contributed by atoms with Crippen molar-refractivity contribution < 1.29 is 14.3 Å². The third-order valence-electron chi connectivity index (χ3n) is 4.33. The van der Waals surface area contributed by atoms with Gasteiger partial charge in [0, 0.05) is 24.4 Å². The second-order valence-electron chi connectivity index (χ2n) is 6.39. The number of aryl methyl sites for hydroxylation is 1. The Morgan fingerprint density at radius 2 is 2.00 bits per heavy atom. The second-order valence-corrected chi connectivity index (χ2v) is 6.39. The number of carbonyl (C=O) groups excluding carboxylic acids is 1. The van der Waals surface area contributed by atoms with E-state index in [0.717, 1.165) is 34.9 Å². The van der Waals surface area contributed by atoms with Gasteiger partial charge in [-0.15, -0.1) is 0 Å². The largest absolute Gasteiger partial charge is 0.496 e. The summed E-state index contributed by atoms with van der Waals surface area (Å²) in [6.45, 7) is 3.60. The number of hydrogen-bond acceptors (Lipinski definition) is 4. The van der Waals surface area contributed by atoms with Crippen molar-refractivity contribution in [2.75, 3.05) is 7.11 Å². The van der Waals surface area contributed by atoms with Crippen LogP contribution in [0.4, 0.5) is 0 Å². The minimum absolute atomic E-state index is 0.172. The quantitative estimate of drug-likeness (QED) is 0.563. The van der Waals surface area contributed by atoms with Crippen molar-refractivity contribution in [2.45, 2.75) is 26.6 Å². The highest BCUT2D eigenvalue weighted by Gasteiger charge is 2.06. The number of nitrogens with one attached hydrogen (secondary N) is 1. The van der Waals surface area contributed by atoms with Gasteiger partial charge in [0.2, 0.25) is 5.91 Å². The van der Waals surface area contributed by atoms with E-state index in [1.165, 1.54) is 6.08 Å². The monoisotopic (exact) mass is 391 g/mol. The number of nitrogens with zero attached hydrogens (tertiary/aromatic N) is 2. The minimum atomic E-state index is -0.172. The van der Waals surface area contributed by atoms with Gasteiger partial charge in [0.05, 0.1) is 19.3 Å². The van der Waals surface area contributed by atoms with Crippen LogP contribution in [-0.2, 0) is 24.5 Å². The molecule has 0 radical (unpaired) electrons. The molecule has 0 unspecified atom stereocenters. The highest BCUT2D eigenvalue weighted by atomic mass is 16.5. The molecule has 3 aromatic rings. The standard InChI is InChI=1S/C23H25N3O3/c1-3-26-14-13-20(25-26)16-24-23(27)12-10-18-9-11-22(28-2)19(15-18)17-29-21-7-5-4-6-8-21/h4-15H,3,16-17H2,1-2H3,(H,24,27)/b12-10+. The third-order valence-corrected chi connectivity index (χ3v) is 4.33. The van der Waals surface area contributed by atoms with Gasteiger partial charge in [-0.1, -0.05) is 24.3 Å². The maximum absolute atomic E-state index is 12.1. The molecule has 2 aromatic carbocycles. The average molecular weight is 391 g/mol. The van der Waals surface area contributed by atoms with Crippen LogP contribution in [0.2, 0.25) is 0 Å². The fourth-order valence-corrected chi connectivity index (χ4v) is 2.78. The van der Waals surface area contributed by atoms with Gasteiger partial charge >= 0.3 is 0 Å². The molecule has 1 aromatic heterocycles. The zero-order valence-electron chi connectivity index (χ0n) is 16.7. The molecule has 6 nitrogen and oxygen atoms in total. The number of hydrogen-bond donors (Lipinski definition) is 1. The number of carbonyl (C=O) groups is 1. The Hall–Kier alpha value is -3.54. The summed E-state index contributed by atoms with van der Waals surface area (Å²) in [5, 5.41) is 7.18. The summed E-state index contributed by atoms with van der Waals surface area (Å²) in [4.78, 5) is 12.1. The number of methoxy groups -OCH3 is 1. The van der Waals surface area contributed by atoms with E-state index in [2.05, 4.69) is 10.4 Å². The van der Waals surface area contributed by atoms with Crippen LogP contribution >= 0.6 is 0 Å². The first-order valence-electron chi connectivity index (χ1n) is 9.51. The highest BCUT2D eigenvalue weighted by Crippen LogP contribution is 2.22. The normalized spacial score (nSPS) is 10.8. The van der Waals surface area contributed by atoms with Gasteiger partial charge < -0.3 is 14.8 Å². The molecule has 0 fully saturated rings. The molecule has 0 aliphatic heterocycles. The number of amides is 1. The zero-order valence-corrected chi connectivity index (χ0v) is 16.7. The molecular formula is C23H25N3O3. The van der Waals surface area contributed by atoms with E-state index in [-0.39, 0.29) is 5.91 Å². The van der Waals surface area contributed by atoms with Crippen LogP contribution in [0.25, 0.3) is 6.08 Å². The fourth-order valence-electron chi connectivity index (χ4n) is 2.78. The Morgan fingerprint density at radius 3 is 2.72 bits per heavy atom. The Morgan fingerprint density at radius 1 is 1.17 bits per heavy atom. The van der Waals surface area contributed by atoms with Crippen molar-refractivity contribution in [3.05, 3.63) is 83.7 Å². The number of rotatable bonds is 9. The van der Waals surface area contributed by atoms with E-state index < -0.39 is 0 Å². The summed E-state index contributed by atoms with van der Waals surface area (Å²) in [6.07, 6.45) is 5.18. The van der Waals surface area contributed by atoms with E-state index in [9.17, 15) is 4.79 Å². The van der Waals surface area contributed by atoms with Crippen molar-refractivity contribution in [1.29, 1.82) is 0 Å². The van der Waals surface area contributed by atoms with E-state index >= 15 is 0 Å². The lowest BCUT2D eigenvalue weighted by Crippen LogP contribution is -2.20. The van der Waals surface area contributed by atoms with Gasteiger partial charge in [-0.25, -0.2) is 0 Å². The molecule has 0 spiro atoms. The molecule has 0 aliphatic carbocycles. The number of ether oxygens (including phenoxy) is 2. The number of para-hydroxylation sites is 1. The number of benzene rings is 2. The predicted octanol–water partition coefficient (Wildman–Crippen LogP) is 3.82. The van der Waals surface area contributed by atoms with Crippen LogP contribution in [0.15, 0.2) is 66.9 Å². The molecular weight excluding hydrogens is 366 g/mol. The zero-order chi connectivity index (χ0) is 20.5. The molecule has 0 atom stereocenters. The van der Waals surface area contributed by atoms with E-state index in [0.29, 0.717) is 13.2 Å². The van der Waals surface area contributed by atoms with E-state index in [1.807, 2.05) is 72.4 Å². The second kappa shape index (κ2) is 10.1. The van der Waals surface area contributed by atoms with Gasteiger partial charge in [-0.3, -0.25) is 9.48 Å². The number of aromatic nitrogens is 2. The minimum Gasteiger partial charge on any atom is -0.496 e. The Balaban J connectivity index is 1.59. The molecule has 0 aliphatic rings. The van der Waals surface area contributed by atoms with E-state index in [4.69, 9.17) is 9.47 Å². The topological polar surface area (TPSA) is 65.4 Å². The van der Waals surface area contributed by atoms with Gasteiger partial charge in [-0.2, -0.15) is 5.10 Å². The molecule has 1 amide bonds. The molecule has 1 heterocycles. The molecule has 3 rings (SSSR count). The van der Waals surface area contributed by atoms with Gasteiger partial charge in [-0.05, 0) is 48.9 Å². The van der Waals surface area contributed by atoms with Crippen molar-refractivity contribution in [3.63, 3.8) is 0 Å². The van der Waals surface area contributed by atoms with Crippen LogP contribution < -0.4 is 14.8 Å². The maximum atomic E-state index is 12.1. The third kappa shape index (κ3) is 5.97. The molecule has 0 bridgehead atoms. The van der Waals surface area contributed by atoms with Crippen molar-refractivity contribution in [2.24, 2.45) is 0 Å². The highest BCUT2D eigenvalue weighted by molar-refractivity contribution is 5.91. The summed E-state index contributed by atoms with van der Waals surface area (Å²) in [5.41, 5.74) is 2.63. The summed E-state index contributed by atoms with van der Waals surface area (Å²) in [7, 11) is 1.63. The lowest BCUT2D eigenvalue weighted by molar-refractivity contribution is -0.116. The predicted molar refractivity (Wildman–Crippen MR) is 113 cm³/mol. The van der Waals surface area contributed by atoms with Crippen molar-refractivity contribution >= 4 is 12.0 Å². The first-order valence-corrected chi connectivity index (χ1v) is 9.51. The van der Waals surface area contributed by atoms with Gasteiger partial charge in [0.25, 0.3) is 0 Å². The summed E-state index contributed by atoms with van der Waals surface area (Å²) in [5.74, 6) is 1.36. The van der Waals surface area contributed by atoms with Gasteiger partial charge in [0.15, 0.2) is 0 Å². The van der Waals surface area contributed by atoms with Crippen LogP contribution in [0, 0.1) is 0 Å². The van der Waals surface area contributed by atoms with Crippen LogP contribution in [-0.4, -0.2) is 22.8 Å². The Labute approximate surface area is 170 Å². The molecule has 0 saturated heterocycles. The SMILES string of the molecule is CCn1ccc(CNC(=O)/C=C/c2ccc(OC)c(COc3ccccc3)c2)n1. The van der Waals surface area contributed by atoms with Crippen molar-refractivity contribution in [3.8, 4) is 11.5 Å². The molecule has 0 saturated carbocycles.